The third-order valence-electron chi connectivity index (χ3n) is 2.38. The van der Waals surface area contributed by atoms with Crippen LogP contribution in [0.2, 0.25) is 5.02 Å². The molecule has 1 aromatic heterocycles. The summed E-state index contributed by atoms with van der Waals surface area (Å²) in [5, 5.41) is 2.13. The summed E-state index contributed by atoms with van der Waals surface area (Å²) in [5.74, 6) is -0.416. The molecular weight excluding hydrogens is 245 g/mol. The van der Waals surface area contributed by atoms with Crippen molar-refractivity contribution >= 4 is 22.9 Å². The summed E-state index contributed by atoms with van der Waals surface area (Å²) < 4.78 is 13.2. The summed E-state index contributed by atoms with van der Waals surface area (Å²) in [4.78, 5) is 1.17. The van der Waals surface area contributed by atoms with Crippen LogP contribution in [0.5, 0.6) is 0 Å². The molecule has 2 rings (SSSR count). The molecule has 0 aliphatic heterocycles. The fraction of sp³-hybridized carbons (Fsp3) is 0.167. The Hall–Kier alpha value is -0.900. The highest BCUT2D eigenvalue weighted by atomic mass is 35.5. The van der Waals surface area contributed by atoms with Crippen LogP contribution < -0.4 is 5.73 Å². The average Bonchev–Trinajstić information content (AvgIpc) is 2.74. The molecule has 1 nitrogen and oxygen atoms in total. The van der Waals surface area contributed by atoms with Gasteiger partial charge in [-0.15, -0.1) is 11.3 Å². The third-order valence-corrected chi connectivity index (χ3v) is 3.68. The fourth-order valence-corrected chi connectivity index (χ4v) is 2.59. The molecule has 0 saturated carbocycles. The van der Waals surface area contributed by atoms with Crippen molar-refractivity contribution < 1.29 is 4.39 Å². The lowest BCUT2D eigenvalue weighted by atomic mass is 10.0. The lowest BCUT2D eigenvalue weighted by Crippen LogP contribution is -2.13. The van der Waals surface area contributed by atoms with Crippen molar-refractivity contribution in [3.8, 4) is 0 Å². The maximum atomic E-state index is 13.2. The molecule has 0 aliphatic rings. The van der Waals surface area contributed by atoms with Gasteiger partial charge in [-0.25, -0.2) is 4.39 Å². The van der Waals surface area contributed by atoms with Gasteiger partial charge in [-0.3, -0.25) is 0 Å². The molecular formula is C12H11ClFNS. The van der Waals surface area contributed by atoms with Crippen LogP contribution in [0.25, 0.3) is 0 Å². The summed E-state index contributed by atoms with van der Waals surface area (Å²) in [6, 6.07) is 8.46. The van der Waals surface area contributed by atoms with Gasteiger partial charge in [-0.2, -0.15) is 0 Å². The zero-order valence-corrected chi connectivity index (χ0v) is 10.1. The highest BCUT2D eigenvalue weighted by Gasteiger charge is 2.13. The van der Waals surface area contributed by atoms with Crippen molar-refractivity contribution in [2.24, 2.45) is 5.73 Å². The van der Waals surface area contributed by atoms with E-state index in [-0.39, 0.29) is 11.1 Å². The molecule has 1 unspecified atom stereocenters. The standard InChI is InChI=1S/C12H11ClFNS/c13-12-9(4-1-5-10(12)14)11(15)7-8-3-2-6-16-8/h1-6,11H,7,15H2. The van der Waals surface area contributed by atoms with Gasteiger partial charge in [-0.05, 0) is 23.1 Å². The SMILES string of the molecule is NC(Cc1cccs1)c1cccc(F)c1Cl. The Balaban J connectivity index is 2.21. The molecule has 4 heteroatoms. The van der Waals surface area contributed by atoms with Crippen molar-refractivity contribution in [1.82, 2.24) is 0 Å². The van der Waals surface area contributed by atoms with Crippen molar-refractivity contribution in [2.45, 2.75) is 12.5 Å². The maximum absolute atomic E-state index is 13.2. The minimum absolute atomic E-state index is 0.131. The first-order chi connectivity index (χ1) is 7.68. The summed E-state index contributed by atoms with van der Waals surface area (Å²) in [7, 11) is 0. The third kappa shape index (κ3) is 2.43. The van der Waals surface area contributed by atoms with Crippen molar-refractivity contribution in [3.63, 3.8) is 0 Å². The second-order valence-corrected chi connectivity index (χ2v) is 4.94. The van der Waals surface area contributed by atoms with Gasteiger partial charge in [0.2, 0.25) is 0 Å². The van der Waals surface area contributed by atoms with E-state index in [1.807, 2.05) is 17.5 Å². The molecule has 84 valence electrons. The summed E-state index contributed by atoms with van der Waals surface area (Å²) >= 11 is 7.52. The number of halogens is 2. The van der Waals surface area contributed by atoms with Crippen LogP contribution in [0.3, 0.4) is 0 Å². The maximum Gasteiger partial charge on any atom is 0.142 e. The van der Waals surface area contributed by atoms with Crippen molar-refractivity contribution in [3.05, 3.63) is 57.0 Å². The van der Waals surface area contributed by atoms with Gasteiger partial charge in [0, 0.05) is 17.3 Å². The Labute approximate surface area is 103 Å². The van der Waals surface area contributed by atoms with E-state index >= 15 is 0 Å². The Bertz CT molecular complexity index is 470. The lowest BCUT2D eigenvalue weighted by Gasteiger charge is -2.12. The molecule has 2 N–H and O–H groups in total. The number of benzene rings is 1. The van der Waals surface area contributed by atoms with E-state index in [2.05, 4.69) is 0 Å². The molecule has 0 radical (unpaired) electrons. The van der Waals surface area contributed by atoms with Gasteiger partial charge < -0.3 is 5.73 Å². The first kappa shape index (κ1) is 11.6. The van der Waals surface area contributed by atoms with Crippen LogP contribution in [0.15, 0.2) is 35.7 Å². The molecule has 0 bridgehead atoms. The Morgan fingerprint density at radius 2 is 2.12 bits per heavy atom. The van der Waals surface area contributed by atoms with E-state index < -0.39 is 5.82 Å². The summed E-state index contributed by atoms with van der Waals surface area (Å²) in [6.45, 7) is 0. The van der Waals surface area contributed by atoms with Crippen LogP contribution in [0.1, 0.15) is 16.5 Å². The van der Waals surface area contributed by atoms with E-state index in [1.165, 1.54) is 10.9 Å². The highest BCUT2D eigenvalue weighted by molar-refractivity contribution is 7.09. The molecule has 1 aromatic carbocycles. The van der Waals surface area contributed by atoms with E-state index in [1.54, 1.807) is 23.5 Å². The normalized spacial score (nSPS) is 12.7. The van der Waals surface area contributed by atoms with Crippen molar-refractivity contribution in [1.29, 1.82) is 0 Å². The topological polar surface area (TPSA) is 26.0 Å². The van der Waals surface area contributed by atoms with Gasteiger partial charge in [0.1, 0.15) is 5.82 Å². The summed E-state index contributed by atoms with van der Waals surface area (Å²) in [5.41, 5.74) is 6.67. The van der Waals surface area contributed by atoms with E-state index in [0.717, 1.165) is 0 Å². The predicted octanol–water partition coefficient (Wildman–Crippen LogP) is 3.78. The second-order valence-electron chi connectivity index (χ2n) is 3.53. The van der Waals surface area contributed by atoms with Crippen LogP contribution in [0, 0.1) is 5.82 Å². The van der Waals surface area contributed by atoms with E-state index in [4.69, 9.17) is 17.3 Å². The summed E-state index contributed by atoms with van der Waals surface area (Å²) in [6.07, 6.45) is 0.681. The van der Waals surface area contributed by atoms with Gasteiger partial charge in [-0.1, -0.05) is 29.8 Å². The smallest absolute Gasteiger partial charge is 0.142 e. The minimum atomic E-state index is -0.416. The molecule has 0 saturated heterocycles. The minimum Gasteiger partial charge on any atom is -0.324 e. The van der Waals surface area contributed by atoms with Gasteiger partial charge in [0.15, 0.2) is 0 Å². The monoisotopic (exact) mass is 255 g/mol. The number of thiophene rings is 1. The van der Waals surface area contributed by atoms with Gasteiger partial charge in [0.05, 0.1) is 5.02 Å². The van der Waals surface area contributed by atoms with E-state index in [0.29, 0.717) is 12.0 Å². The Kier molecular flexibility index (Phi) is 3.59. The molecule has 0 aliphatic carbocycles. The van der Waals surface area contributed by atoms with Crippen molar-refractivity contribution in [2.75, 3.05) is 0 Å². The fourth-order valence-electron chi connectivity index (χ4n) is 1.56. The van der Waals surface area contributed by atoms with Crippen LogP contribution >= 0.6 is 22.9 Å². The average molecular weight is 256 g/mol. The van der Waals surface area contributed by atoms with Gasteiger partial charge in [0.25, 0.3) is 0 Å². The zero-order valence-electron chi connectivity index (χ0n) is 8.49. The number of rotatable bonds is 3. The van der Waals surface area contributed by atoms with Crippen LogP contribution in [0.4, 0.5) is 4.39 Å². The molecule has 0 amide bonds. The molecule has 2 aromatic rings. The number of nitrogens with two attached hydrogens (primary N) is 1. The van der Waals surface area contributed by atoms with Crippen LogP contribution in [-0.4, -0.2) is 0 Å². The second kappa shape index (κ2) is 4.95. The molecule has 16 heavy (non-hydrogen) atoms. The molecule has 0 fully saturated rings. The Morgan fingerprint density at radius 3 is 2.81 bits per heavy atom. The first-order valence-electron chi connectivity index (χ1n) is 4.90. The number of hydrogen-bond acceptors (Lipinski definition) is 2. The quantitative estimate of drug-likeness (QED) is 0.887. The van der Waals surface area contributed by atoms with Crippen LogP contribution in [-0.2, 0) is 6.42 Å². The highest BCUT2D eigenvalue weighted by Crippen LogP contribution is 2.27. The molecule has 0 spiro atoms. The lowest BCUT2D eigenvalue weighted by molar-refractivity contribution is 0.619. The zero-order chi connectivity index (χ0) is 11.5. The molecule has 1 atom stereocenters. The predicted molar refractivity (Wildman–Crippen MR) is 66.4 cm³/mol. The first-order valence-corrected chi connectivity index (χ1v) is 6.16. The number of hydrogen-bond donors (Lipinski definition) is 1. The van der Waals surface area contributed by atoms with Gasteiger partial charge >= 0.3 is 0 Å². The van der Waals surface area contributed by atoms with E-state index in [9.17, 15) is 4.39 Å². The molecule has 1 heterocycles. The largest absolute Gasteiger partial charge is 0.324 e. The Morgan fingerprint density at radius 1 is 1.31 bits per heavy atom.